The molecule has 5 heteroatoms. The number of hydrogen-bond donors (Lipinski definition) is 2. The summed E-state index contributed by atoms with van der Waals surface area (Å²) in [6.45, 7) is 6.82. The molecule has 5 nitrogen and oxygen atoms in total. The normalized spacial score (nSPS) is 13.8. The van der Waals surface area contributed by atoms with Gasteiger partial charge in [0.1, 0.15) is 6.04 Å². The Kier molecular flexibility index (Phi) is 9.28. The van der Waals surface area contributed by atoms with Crippen LogP contribution in [-0.4, -0.2) is 38.1 Å². The smallest absolute Gasteiger partial charge is 0.328 e. The largest absolute Gasteiger partial charge is 0.464 e. The molecule has 0 rings (SSSR count). The van der Waals surface area contributed by atoms with E-state index in [1.165, 1.54) is 0 Å². The van der Waals surface area contributed by atoms with E-state index in [1.807, 2.05) is 20.9 Å². The van der Waals surface area contributed by atoms with E-state index in [1.54, 1.807) is 6.92 Å². The summed E-state index contributed by atoms with van der Waals surface area (Å²) in [7, 11) is 1.85. The molecule has 18 heavy (non-hydrogen) atoms. The SMILES string of the molecule is CCOC(=O)C(NC(=O)CCCNC)C(C)CC. The zero-order chi connectivity index (χ0) is 14.0. The second kappa shape index (κ2) is 9.88. The Labute approximate surface area is 110 Å². The Bertz CT molecular complexity index is 257. The van der Waals surface area contributed by atoms with Gasteiger partial charge in [-0.25, -0.2) is 4.79 Å². The molecule has 1 amide bonds. The molecule has 0 radical (unpaired) electrons. The summed E-state index contributed by atoms with van der Waals surface area (Å²) in [5.74, 6) is -0.352. The first kappa shape index (κ1) is 16.9. The van der Waals surface area contributed by atoms with Gasteiger partial charge in [0.25, 0.3) is 0 Å². The fourth-order valence-electron chi connectivity index (χ4n) is 1.57. The Morgan fingerprint density at radius 1 is 1.28 bits per heavy atom. The fourth-order valence-corrected chi connectivity index (χ4v) is 1.57. The second-order valence-corrected chi connectivity index (χ2v) is 4.39. The number of ether oxygens (including phenoxy) is 1. The molecule has 0 saturated heterocycles. The maximum absolute atomic E-state index is 11.8. The van der Waals surface area contributed by atoms with Gasteiger partial charge in [-0.05, 0) is 32.9 Å². The number of amides is 1. The number of hydrogen-bond acceptors (Lipinski definition) is 4. The third-order valence-corrected chi connectivity index (χ3v) is 2.90. The molecule has 0 saturated carbocycles. The van der Waals surface area contributed by atoms with Crippen LogP contribution in [0.15, 0.2) is 0 Å². The maximum atomic E-state index is 11.8. The van der Waals surface area contributed by atoms with Gasteiger partial charge in [0.05, 0.1) is 6.61 Å². The van der Waals surface area contributed by atoms with E-state index in [2.05, 4.69) is 10.6 Å². The number of carbonyl (C=O) groups is 2. The summed E-state index contributed by atoms with van der Waals surface area (Å²) in [5.41, 5.74) is 0. The van der Waals surface area contributed by atoms with Crippen LogP contribution in [0, 0.1) is 5.92 Å². The van der Waals surface area contributed by atoms with Gasteiger partial charge in [0.2, 0.25) is 5.91 Å². The van der Waals surface area contributed by atoms with Gasteiger partial charge >= 0.3 is 5.97 Å². The third kappa shape index (κ3) is 6.59. The van der Waals surface area contributed by atoms with E-state index in [-0.39, 0.29) is 17.8 Å². The van der Waals surface area contributed by atoms with Crippen molar-refractivity contribution in [1.82, 2.24) is 10.6 Å². The van der Waals surface area contributed by atoms with Crippen LogP contribution in [0.1, 0.15) is 40.0 Å². The first-order valence-electron chi connectivity index (χ1n) is 6.67. The van der Waals surface area contributed by atoms with Crippen molar-refractivity contribution in [3.8, 4) is 0 Å². The lowest BCUT2D eigenvalue weighted by atomic mass is 9.99. The molecular formula is C13H26N2O3. The van der Waals surface area contributed by atoms with Crippen LogP contribution in [0.5, 0.6) is 0 Å². The van der Waals surface area contributed by atoms with Crippen LogP contribution >= 0.6 is 0 Å². The lowest BCUT2D eigenvalue weighted by molar-refractivity contribution is -0.149. The predicted octanol–water partition coefficient (Wildman–Crippen LogP) is 1.08. The third-order valence-electron chi connectivity index (χ3n) is 2.90. The highest BCUT2D eigenvalue weighted by molar-refractivity contribution is 5.84. The van der Waals surface area contributed by atoms with Crippen molar-refractivity contribution in [2.75, 3.05) is 20.2 Å². The van der Waals surface area contributed by atoms with Crippen LogP contribution < -0.4 is 10.6 Å². The molecule has 0 fully saturated rings. The van der Waals surface area contributed by atoms with Gasteiger partial charge in [-0.1, -0.05) is 20.3 Å². The Balaban J connectivity index is 4.31. The van der Waals surface area contributed by atoms with Gasteiger partial charge in [-0.2, -0.15) is 0 Å². The molecule has 0 aromatic carbocycles. The Hall–Kier alpha value is -1.10. The summed E-state index contributed by atoms with van der Waals surface area (Å²) >= 11 is 0. The van der Waals surface area contributed by atoms with E-state index in [4.69, 9.17) is 4.74 Å². The molecular weight excluding hydrogens is 232 g/mol. The number of carbonyl (C=O) groups excluding carboxylic acids is 2. The van der Waals surface area contributed by atoms with Gasteiger partial charge in [0.15, 0.2) is 0 Å². The summed E-state index contributed by atoms with van der Waals surface area (Å²) < 4.78 is 4.99. The van der Waals surface area contributed by atoms with Crippen molar-refractivity contribution < 1.29 is 14.3 Å². The minimum atomic E-state index is -0.531. The van der Waals surface area contributed by atoms with Gasteiger partial charge in [-0.3, -0.25) is 4.79 Å². The average molecular weight is 258 g/mol. The zero-order valence-corrected chi connectivity index (χ0v) is 11.9. The molecule has 0 aliphatic rings. The highest BCUT2D eigenvalue weighted by Gasteiger charge is 2.26. The minimum Gasteiger partial charge on any atom is -0.464 e. The topological polar surface area (TPSA) is 67.4 Å². The molecule has 0 spiro atoms. The summed E-state index contributed by atoms with van der Waals surface area (Å²) in [5, 5.41) is 5.75. The van der Waals surface area contributed by atoms with E-state index >= 15 is 0 Å². The molecule has 0 bridgehead atoms. The van der Waals surface area contributed by atoms with Crippen LogP contribution in [0.4, 0.5) is 0 Å². The predicted molar refractivity (Wildman–Crippen MR) is 71.2 cm³/mol. The number of esters is 1. The monoisotopic (exact) mass is 258 g/mol. The van der Waals surface area contributed by atoms with Crippen molar-refractivity contribution in [2.24, 2.45) is 5.92 Å². The van der Waals surface area contributed by atoms with E-state index in [0.29, 0.717) is 13.0 Å². The first-order valence-corrected chi connectivity index (χ1v) is 6.67. The lowest BCUT2D eigenvalue weighted by Crippen LogP contribution is -2.46. The van der Waals surface area contributed by atoms with E-state index in [0.717, 1.165) is 19.4 Å². The van der Waals surface area contributed by atoms with Gasteiger partial charge < -0.3 is 15.4 Å². The molecule has 106 valence electrons. The summed E-state index contributed by atoms with van der Waals surface area (Å²) in [6, 6.07) is -0.531. The van der Waals surface area contributed by atoms with Crippen molar-refractivity contribution in [2.45, 2.75) is 46.1 Å². The van der Waals surface area contributed by atoms with Crippen LogP contribution in [0.3, 0.4) is 0 Å². The minimum absolute atomic E-state index is 0.0808. The highest BCUT2D eigenvalue weighted by atomic mass is 16.5. The van der Waals surface area contributed by atoms with Crippen LogP contribution in [0.25, 0.3) is 0 Å². The van der Waals surface area contributed by atoms with E-state index in [9.17, 15) is 9.59 Å². The molecule has 0 aromatic heterocycles. The lowest BCUT2D eigenvalue weighted by Gasteiger charge is -2.22. The quantitative estimate of drug-likeness (QED) is 0.480. The Morgan fingerprint density at radius 3 is 2.44 bits per heavy atom. The van der Waals surface area contributed by atoms with Gasteiger partial charge in [-0.15, -0.1) is 0 Å². The molecule has 2 atom stereocenters. The molecule has 0 aliphatic heterocycles. The van der Waals surface area contributed by atoms with Crippen molar-refractivity contribution >= 4 is 11.9 Å². The maximum Gasteiger partial charge on any atom is 0.328 e. The Morgan fingerprint density at radius 2 is 1.94 bits per heavy atom. The van der Waals surface area contributed by atoms with Crippen molar-refractivity contribution in [3.63, 3.8) is 0 Å². The first-order chi connectivity index (χ1) is 8.56. The number of rotatable bonds is 9. The number of nitrogens with one attached hydrogen (secondary N) is 2. The molecule has 0 aromatic rings. The summed E-state index contributed by atoms with van der Waals surface area (Å²) in [4.78, 5) is 23.5. The van der Waals surface area contributed by atoms with Gasteiger partial charge in [0, 0.05) is 6.42 Å². The average Bonchev–Trinajstić information content (AvgIpc) is 2.35. The second-order valence-electron chi connectivity index (χ2n) is 4.39. The highest BCUT2D eigenvalue weighted by Crippen LogP contribution is 2.10. The zero-order valence-electron chi connectivity index (χ0n) is 11.9. The molecule has 0 aliphatic carbocycles. The van der Waals surface area contributed by atoms with Crippen LogP contribution in [-0.2, 0) is 14.3 Å². The molecule has 2 unspecified atom stereocenters. The molecule has 2 N–H and O–H groups in total. The van der Waals surface area contributed by atoms with Crippen molar-refractivity contribution in [3.05, 3.63) is 0 Å². The van der Waals surface area contributed by atoms with E-state index < -0.39 is 6.04 Å². The van der Waals surface area contributed by atoms with Crippen LogP contribution in [0.2, 0.25) is 0 Å². The fraction of sp³-hybridized carbons (Fsp3) is 0.846. The standard InChI is InChI=1S/C13H26N2O3/c1-5-10(3)12(13(17)18-6-2)15-11(16)8-7-9-14-4/h10,12,14H,5-9H2,1-4H3,(H,15,16). The molecule has 0 heterocycles. The summed E-state index contributed by atoms with van der Waals surface area (Å²) in [6.07, 6.45) is 2.01. The van der Waals surface area contributed by atoms with Crippen molar-refractivity contribution in [1.29, 1.82) is 0 Å².